The molecule has 0 aliphatic heterocycles. The number of nitriles is 1. The maximum atomic E-state index is 14.1. The first-order valence-electron chi connectivity index (χ1n) is 12.9. The van der Waals surface area contributed by atoms with Gasteiger partial charge in [-0.1, -0.05) is 72.8 Å². The van der Waals surface area contributed by atoms with Crippen LogP contribution >= 0.6 is 11.3 Å². The number of fused-ring (bicyclic) bond motifs is 2. The van der Waals surface area contributed by atoms with Crippen molar-refractivity contribution in [3.63, 3.8) is 0 Å². The molecule has 5 nitrogen and oxygen atoms in total. The molecule has 0 spiro atoms. The highest BCUT2D eigenvalue weighted by Crippen LogP contribution is 2.63. The van der Waals surface area contributed by atoms with E-state index in [1.807, 2.05) is 79.0 Å². The van der Waals surface area contributed by atoms with E-state index >= 15 is 0 Å². The molecule has 2 bridgehead atoms. The number of thiazole rings is 1. The predicted molar refractivity (Wildman–Crippen MR) is 154 cm³/mol. The second-order valence-electron chi connectivity index (χ2n) is 10.6. The van der Waals surface area contributed by atoms with Crippen molar-refractivity contribution < 1.29 is 9.53 Å². The molecule has 1 unspecified atom stereocenters. The number of carbonyl (C=O) groups is 1. The molecule has 190 valence electrons. The number of methoxy groups -OCH3 is 1. The average molecular weight is 528 g/mol. The summed E-state index contributed by atoms with van der Waals surface area (Å²) in [5.74, 6) is 0.548. The largest absolute Gasteiger partial charge is 0.496 e. The third kappa shape index (κ3) is 3.23. The third-order valence-electron chi connectivity index (χ3n) is 8.55. The molecule has 4 aromatic carbocycles. The van der Waals surface area contributed by atoms with Crippen molar-refractivity contribution in [2.75, 3.05) is 12.4 Å². The number of carbonyl (C=O) groups excluding carboxylic acids is 1. The van der Waals surface area contributed by atoms with E-state index in [-0.39, 0.29) is 11.8 Å². The smallest absolute Gasteiger partial charge is 0.233 e. The summed E-state index contributed by atoms with van der Waals surface area (Å²) in [5, 5.41) is 18.3. The summed E-state index contributed by atoms with van der Waals surface area (Å²) in [4.78, 5) is 18.9. The number of amides is 1. The quantitative estimate of drug-likeness (QED) is 0.267. The van der Waals surface area contributed by atoms with Gasteiger partial charge in [-0.05, 0) is 53.1 Å². The Kier molecular flexibility index (Phi) is 5.16. The number of nitrogens with one attached hydrogen (secondary N) is 1. The van der Waals surface area contributed by atoms with E-state index < -0.39 is 10.8 Å². The molecule has 1 heterocycles. The topological polar surface area (TPSA) is 75.0 Å². The molecule has 39 heavy (non-hydrogen) atoms. The maximum Gasteiger partial charge on any atom is 0.233 e. The van der Waals surface area contributed by atoms with Crippen LogP contribution in [-0.4, -0.2) is 18.0 Å². The van der Waals surface area contributed by atoms with Crippen LogP contribution in [0.4, 0.5) is 5.13 Å². The summed E-state index contributed by atoms with van der Waals surface area (Å²) in [5.41, 5.74) is 4.25. The van der Waals surface area contributed by atoms with Crippen LogP contribution in [0.25, 0.3) is 22.0 Å². The minimum atomic E-state index is -0.871. The summed E-state index contributed by atoms with van der Waals surface area (Å²) < 4.78 is 5.55. The van der Waals surface area contributed by atoms with Crippen LogP contribution in [0.15, 0.2) is 90.3 Å². The normalized spacial score (nSPS) is 22.5. The van der Waals surface area contributed by atoms with Crippen molar-refractivity contribution in [2.45, 2.75) is 24.7 Å². The lowest BCUT2D eigenvalue weighted by Gasteiger charge is -2.54. The van der Waals surface area contributed by atoms with Gasteiger partial charge in [-0.3, -0.25) is 4.79 Å². The van der Waals surface area contributed by atoms with Crippen LogP contribution in [0.5, 0.6) is 5.75 Å². The lowest BCUT2D eigenvalue weighted by molar-refractivity contribution is -0.127. The van der Waals surface area contributed by atoms with Crippen molar-refractivity contribution in [1.82, 2.24) is 4.98 Å². The molecule has 3 aliphatic rings. The highest BCUT2D eigenvalue weighted by molar-refractivity contribution is 7.14. The first-order chi connectivity index (χ1) is 19.0. The van der Waals surface area contributed by atoms with Crippen LogP contribution < -0.4 is 10.1 Å². The fourth-order valence-electron chi connectivity index (χ4n) is 6.86. The van der Waals surface area contributed by atoms with Gasteiger partial charge < -0.3 is 10.1 Å². The SMILES string of the molecule is COc1ccc(-c2csc(NC(=O)C3(C)CC4(C#N)c5ccccc5C3c3ccccc34)n2)c2ccccc12. The van der Waals surface area contributed by atoms with Gasteiger partial charge in [0.2, 0.25) is 5.91 Å². The number of anilines is 1. The predicted octanol–water partition coefficient (Wildman–Crippen LogP) is 7.28. The van der Waals surface area contributed by atoms with Crippen molar-refractivity contribution in [3.05, 3.63) is 113 Å². The van der Waals surface area contributed by atoms with E-state index in [4.69, 9.17) is 9.72 Å². The van der Waals surface area contributed by atoms with Crippen LogP contribution in [0.1, 0.15) is 41.5 Å². The molecular weight excluding hydrogens is 502 g/mol. The zero-order chi connectivity index (χ0) is 26.8. The molecule has 1 N–H and O–H groups in total. The van der Waals surface area contributed by atoms with Gasteiger partial charge in [0.1, 0.15) is 11.2 Å². The second-order valence-corrected chi connectivity index (χ2v) is 11.4. The average Bonchev–Trinajstić information content (AvgIpc) is 3.44. The molecular formula is C33H25N3O2S. The van der Waals surface area contributed by atoms with Gasteiger partial charge in [-0.15, -0.1) is 11.3 Å². The van der Waals surface area contributed by atoms with Gasteiger partial charge >= 0.3 is 0 Å². The van der Waals surface area contributed by atoms with E-state index in [9.17, 15) is 10.1 Å². The molecule has 6 heteroatoms. The van der Waals surface area contributed by atoms with Crippen molar-refractivity contribution in [1.29, 1.82) is 5.26 Å². The van der Waals surface area contributed by atoms with Gasteiger partial charge in [0.15, 0.2) is 5.13 Å². The van der Waals surface area contributed by atoms with E-state index in [1.165, 1.54) is 11.3 Å². The van der Waals surface area contributed by atoms with Crippen LogP contribution in [-0.2, 0) is 10.2 Å². The molecule has 1 amide bonds. The maximum absolute atomic E-state index is 14.1. The molecule has 1 aromatic heterocycles. The fourth-order valence-corrected chi connectivity index (χ4v) is 7.56. The third-order valence-corrected chi connectivity index (χ3v) is 9.30. The first kappa shape index (κ1) is 23.6. The number of aromatic nitrogens is 1. The van der Waals surface area contributed by atoms with E-state index in [0.717, 1.165) is 50.0 Å². The highest BCUT2D eigenvalue weighted by atomic mass is 32.1. The van der Waals surface area contributed by atoms with Crippen molar-refractivity contribution in [3.8, 4) is 23.1 Å². The summed E-state index contributed by atoms with van der Waals surface area (Å²) in [6, 6.07) is 30.9. The standard InChI is InChI=1S/C33H25N3O2S/c1-32(18-33(19-34)25-13-7-5-11-23(25)29(32)24-12-6-8-14-26(24)33)30(37)36-31-35-27(17-39-31)21-15-16-28(38-2)22-10-4-3-9-20(21)22/h3-17,29H,18H2,1-2H3,(H,35,36,37). The Hall–Kier alpha value is -4.47. The lowest BCUT2D eigenvalue weighted by atomic mass is 9.47. The fraction of sp³-hybridized carbons (Fsp3) is 0.182. The molecule has 8 rings (SSSR count). The number of ether oxygens (including phenoxy) is 1. The first-order valence-corrected chi connectivity index (χ1v) is 13.8. The molecule has 1 atom stereocenters. The van der Waals surface area contributed by atoms with Gasteiger partial charge in [0.05, 0.1) is 24.3 Å². The van der Waals surface area contributed by atoms with E-state index in [2.05, 4.69) is 29.6 Å². The molecule has 0 saturated heterocycles. The Morgan fingerprint density at radius 3 is 2.28 bits per heavy atom. The summed E-state index contributed by atoms with van der Waals surface area (Å²) >= 11 is 1.41. The van der Waals surface area contributed by atoms with Gasteiger partial charge in [0, 0.05) is 22.2 Å². The summed E-state index contributed by atoms with van der Waals surface area (Å²) in [7, 11) is 1.67. The monoisotopic (exact) mass is 527 g/mol. The molecule has 0 radical (unpaired) electrons. The Labute approximate surface area is 230 Å². The van der Waals surface area contributed by atoms with Crippen LogP contribution in [0.2, 0.25) is 0 Å². The zero-order valence-electron chi connectivity index (χ0n) is 21.6. The number of hydrogen-bond donors (Lipinski definition) is 1. The molecule has 0 saturated carbocycles. The second kappa shape index (κ2) is 8.52. The van der Waals surface area contributed by atoms with E-state index in [0.29, 0.717) is 11.6 Å². The minimum Gasteiger partial charge on any atom is -0.496 e. The van der Waals surface area contributed by atoms with Crippen LogP contribution in [0.3, 0.4) is 0 Å². The van der Waals surface area contributed by atoms with E-state index in [1.54, 1.807) is 7.11 Å². The van der Waals surface area contributed by atoms with Gasteiger partial charge in [0.25, 0.3) is 0 Å². The molecule has 3 aliphatic carbocycles. The van der Waals surface area contributed by atoms with Gasteiger partial charge in [-0.2, -0.15) is 5.26 Å². The zero-order valence-corrected chi connectivity index (χ0v) is 22.4. The number of hydrogen-bond acceptors (Lipinski definition) is 5. The minimum absolute atomic E-state index is 0.114. The Morgan fingerprint density at radius 1 is 0.974 bits per heavy atom. The van der Waals surface area contributed by atoms with Gasteiger partial charge in [-0.25, -0.2) is 4.98 Å². The Morgan fingerprint density at radius 2 is 1.62 bits per heavy atom. The summed E-state index contributed by atoms with van der Waals surface area (Å²) in [6.07, 6.45) is 0.419. The highest BCUT2D eigenvalue weighted by Gasteiger charge is 2.61. The van der Waals surface area contributed by atoms with Crippen molar-refractivity contribution >= 4 is 33.1 Å². The number of rotatable bonds is 4. The number of nitrogens with zero attached hydrogens (tertiary/aromatic N) is 2. The summed E-state index contributed by atoms with van der Waals surface area (Å²) in [6.45, 7) is 2.00. The van der Waals surface area contributed by atoms with Crippen LogP contribution in [0, 0.1) is 16.7 Å². The molecule has 5 aromatic rings. The Balaban J connectivity index is 1.27. The Bertz CT molecular complexity index is 1790. The van der Waals surface area contributed by atoms with Crippen molar-refractivity contribution in [2.24, 2.45) is 5.41 Å². The number of benzene rings is 4. The lowest BCUT2D eigenvalue weighted by Crippen LogP contribution is -2.53. The molecule has 0 fully saturated rings.